The highest BCUT2D eigenvalue weighted by molar-refractivity contribution is 7.17. The third-order valence-corrected chi connectivity index (χ3v) is 11.2. The second-order valence-corrected chi connectivity index (χ2v) is 13.7. The lowest BCUT2D eigenvalue weighted by Gasteiger charge is -2.47. The van der Waals surface area contributed by atoms with Gasteiger partial charge in [0.05, 0.1) is 16.8 Å². The van der Waals surface area contributed by atoms with E-state index in [9.17, 15) is 9.90 Å². The van der Waals surface area contributed by atoms with Crippen LogP contribution in [0.4, 0.5) is 5.69 Å². The molecule has 1 spiro atoms. The van der Waals surface area contributed by atoms with Crippen molar-refractivity contribution in [2.75, 3.05) is 11.9 Å². The number of rotatable bonds is 9. The Kier molecular flexibility index (Phi) is 7.81. The van der Waals surface area contributed by atoms with Crippen LogP contribution in [-0.4, -0.2) is 28.2 Å². The average molecular weight is 623 g/mol. The molecule has 0 aliphatic heterocycles. The summed E-state index contributed by atoms with van der Waals surface area (Å²) >= 11 is 7.91. The SMILES string of the molecule is O=C(O)C1(Nc2cccc(Cl)c2)CCC2(CC1)c1ccccc1C[C@@H]2C[C@@H](COc1ccnc2ccsc12)c1ccccc1. The minimum absolute atomic E-state index is 0.0870. The van der Waals surface area contributed by atoms with Crippen molar-refractivity contribution in [3.63, 3.8) is 0 Å². The highest BCUT2D eigenvalue weighted by Gasteiger charge is 2.54. The molecule has 0 amide bonds. The molecule has 0 saturated heterocycles. The van der Waals surface area contributed by atoms with Gasteiger partial charge in [-0.3, -0.25) is 4.98 Å². The van der Waals surface area contributed by atoms with E-state index in [-0.39, 0.29) is 11.3 Å². The molecule has 2 atom stereocenters. The summed E-state index contributed by atoms with van der Waals surface area (Å²) in [5.41, 5.74) is 4.65. The molecule has 7 heteroatoms. The van der Waals surface area contributed by atoms with Crippen LogP contribution in [0, 0.1) is 5.92 Å². The molecule has 0 unspecified atom stereocenters. The maximum Gasteiger partial charge on any atom is 0.329 e. The molecule has 44 heavy (non-hydrogen) atoms. The fourth-order valence-corrected chi connectivity index (χ4v) is 8.74. The zero-order valence-electron chi connectivity index (χ0n) is 24.4. The molecule has 2 aliphatic rings. The maximum absolute atomic E-state index is 12.8. The van der Waals surface area contributed by atoms with Gasteiger partial charge < -0.3 is 15.2 Å². The highest BCUT2D eigenvalue weighted by atomic mass is 35.5. The van der Waals surface area contributed by atoms with Crippen LogP contribution in [0.1, 0.15) is 54.7 Å². The number of nitrogens with one attached hydrogen (secondary N) is 1. The van der Waals surface area contributed by atoms with Crippen molar-refractivity contribution in [3.8, 4) is 5.75 Å². The number of fused-ring (bicyclic) bond motifs is 3. The quantitative estimate of drug-likeness (QED) is 0.171. The van der Waals surface area contributed by atoms with E-state index in [4.69, 9.17) is 16.3 Å². The fraction of sp³-hybridized carbons (Fsp3) is 0.297. The molecule has 5 nitrogen and oxygen atoms in total. The van der Waals surface area contributed by atoms with Gasteiger partial charge >= 0.3 is 5.97 Å². The number of carboxylic acid groups (broad SMARTS) is 1. The Morgan fingerprint density at radius 1 is 1.00 bits per heavy atom. The van der Waals surface area contributed by atoms with Crippen LogP contribution in [0.2, 0.25) is 5.02 Å². The minimum atomic E-state index is -1.03. The lowest BCUT2D eigenvalue weighted by atomic mass is 9.59. The number of pyridine rings is 1. The van der Waals surface area contributed by atoms with Gasteiger partial charge in [-0.1, -0.05) is 72.3 Å². The number of anilines is 1. The highest BCUT2D eigenvalue weighted by Crippen LogP contribution is 2.56. The smallest absolute Gasteiger partial charge is 0.329 e. The van der Waals surface area contributed by atoms with Crippen LogP contribution in [0.25, 0.3) is 10.2 Å². The van der Waals surface area contributed by atoms with Gasteiger partial charge in [0.25, 0.3) is 0 Å². The average Bonchev–Trinajstić information content (AvgIpc) is 3.64. The summed E-state index contributed by atoms with van der Waals surface area (Å²) in [6, 6.07) is 30.9. The number of ether oxygens (including phenoxy) is 1. The number of nitrogens with zero attached hydrogens (tertiary/aromatic N) is 1. The Morgan fingerprint density at radius 3 is 2.59 bits per heavy atom. The first kappa shape index (κ1) is 28.9. The Morgan fingerprint density at radius 2 is 1.80 bits per heavy atom. The molecular weight excluding hydrogens is 588 g/mol. The van der Waals surface area contributed by atoms with Gasteiger partial charge in [0, 0.05) is 22.8 Å². The first-order chi connectivity index (χ1) is 21.5. The minimum Gasteiger partial charge on any atom is -0.491 e. The number of hydrogen-bond donors (Lipinski definition) is 2. The largest absolute Gasteiger partial charge is 0.491 e. The van der Waals surface area contributed by atoms with E-state index in [2.05, 4.69) is 70.3 Å². The predicted molar refractivity (Wildman–Crippen MR) is 178 cm³/mol. The molecule has 1 saturated carbocycles. The van der Waals surface area contributed by atoms with Gasteiger partial charge in [0.15, 0.2) is 0 Å². The summed E-state index contributed by atoms with van der Waals surface area (Å²) in [7, 11) is 0. The Labute approximate surface area is 266 Å². The van der Waals surface area contributed by atoms with Crippen molar-refractivity contribution >= 4 is 44.8 Å². The van der Waals surface area contributed by atoms with E-state index in [1.54, 1.807) is 17.4 Å². The standard InChI is InChI=1S/C37H35ClN2O3S/c38-29-10-6-11-30(23-29)40-37(35(41)42)17-15-36(16-18-37)28(21-26-9-4-5-12-31(26)36)22-27(25-7-2-1-3-8-25)24-43-33-13-19-39-32-14-20-44-34(32)33/h1-14,19-20,23,27-28,40H,15-18,21-22,24H2,(H,41,42)/t27-,28+,36?,37?/m0/s1. The van der Waals surface area contributed by atoms with Crippen molar-refractivity contribution in [2.24, 2.45) is 5.92 Å². The Hall–Kier alpha value is -3.87. The lowest BCUT2D eigenvalue weighted by Crippen LogP contribution is -2.53. The number of aromatic nitrogens is 1. The second-order valence-electron chi connectivity index (χ2n) is 12.3. The van der Waals surface area contributed by atoms with Crippen LogP contribution in [0.5, 0.6) is 5.75 Å². The molecule has 3 aromatic carbocycles. The van der Waals surface area contributed by atoms with E-state index in [0.29, 0.717) is 30.4 Å². The molecule has 7 rings (SSSR count). The summed E-state index contributed by atoms with van der Waals surface area (Å²) in [5, 5.41) is 16.6. The van der Waals surface area contributed by atoms with Crippen molar-refractivity contribution in [1.82, 2.24) is 4.98 Å². The maximum atomic E-state index is 12.8. The monoisotopic (exact) mass is 622 g/mol. The Balaban J connectivity index is 1.18. The van der Waals surface area contributed by atoms with Crippen molar-refractivity contribution in [2.45, 2.75) is 55.4 Å². The zero-order valence-corrected chi connectivity index (χ0v) is 26.0. The van der Waals surface area contributed by atoms with E-state index in [1.807, 2.05) is 36.5 Å². The van der Waals surface area contributed by atoms with Gasteiger partial charge in [-0.25, -0.2) is 4.79 Å². The van der Waals surface area contributed by atoms with Gasteiger partial charge in [0.2, 0.25) is 0 Å². The number of halogens is 1. The summed E-state index contributed by atoms with van der Waals surface area (Å²) in [5.74, 6) is 0.631. The number of aliphatic carboxylic acids is 1. The zero-order chi connectivity index (χ0) is 30.1. The molecule has 2 aromatic heterocycles. The molecule has 2 heterocycles. The van der Waals surface area contributed by atoms with Crippen LogP contribution >= 0.6 is 22.9 Å². The van der Waals surface area contributed by atoms with E-state index >= 15 is 0 Å². The van der Waals surface area contributed by atoms with Crippen molar-refractivity contribution in [3.05, 3.63) is 124 Å². The fourth-order valence-electron chi connectivity index (χ4n) is 7.73. The van der Waals surface area contributed by atoms with Gasteiger partial charge in [-0.05, 0) is 102 Å². The molecular formula is C37H35ClN2O3S. The number of hydrogen-bond acceptors (Lipinski definition) is 5. The van der Waals surface area contributed by atoms with Crippen LogP contribution in [-0.2, 0) is 16.6 Å². The van der Waals surface area contributed by atoms with Crippen LogP contribution < -0.4 is 10.1 Å². The summed E-state index contributed by atoms with van der Waals surface area (Å²) in [4.78, 5) is 17.3. The first-order valence-electron chi connectivity index (χ1n) is 15.3. The number of benzene rings is 3. The summed E-state index contributed by atoms with van der Waals surface area (Å²) in [6.07, 6.45) is 6.46. The molecule has 0 bridgehead atoms. The molecule has 2 N–H and O–H groups in total. The summed E-state index contributed by atoms with van der Waals surface area (Å²) < 4.78 is 7.65. The van der Waals surface area contributed by atoms with Gasteiger partial charge in [0.1, 0.15) is 11.3 Å². The van der Waals surface area contributed by atoms with E-state index in [1.165, 1.54) is 16.7 Å². The number of thiophene rings is 1. The molecule has 1 fully saturated rings. The second kappa shape index (κ2) is 11.9. The Bertz CT molecular complexity index is 1780. The summed E-state index contributed by atoms with van der Waals surface area (Å²) in [6.45, 7) is 0.569. The van der Waals surface area contributed by atoms with Crippen LogP contribution in [0.3, 0.4) is 0 Å². The molecule has 224 valence electrons. The van der Waals surface area contributed by atoms with E-state index in [0.717, 1.165) is 47.3 Å². The predicted octanol–water partition coefficient (Wildman–Crippen LogP) is 9.12. The lowest BCUT2D eigenvalue weighted by molar-refractivity contribution is -0.144. The van der Waals surface area contributed by atoms with Gasteiger partial charge in [-0.15, -0.1) is 11.3 Å². The van der Waals surface area contributed by atoms with Crippen LogP contribution in [0.15, 0.2) is 103 Å². The van der Waals surface area contributed by atoms with E-state index < -0.39 is 11.5 Å². The molecule has 5 aromatic rings. The van der Waals surface area contributed by atoms with Crippen molar-refractivity contribution in [1.29, 1.82) is 0 Å². The molecule has 2 aliphatic carbocycles. The third-order valence-electron chi connectivity index (χ3n) is 10.0. The topological polar surface area (TPSA) is 71.5 Å². The normalized spacial score (nSPS) is 23.3. The number of carbonyl (C=O) groups is 1. The first-order valence-corrected chi connectivity index (χ1v) is 16.6. The molecule has 0 radical (unpaired) electrons. The third kappa shape index (κ3) is 5.35. The van der Waals surface area contributed by atoms with Gasteiger partial charge in [-0.2, -0.15) is 0 Å². The number of carboxylic acids is 1. The van der Waals surface area contributed by atoms with Crippen molar-refractivity contribution < 1.29 is 14.6 Å².